The lowest BCUT2D eigenvalue weighted by molar-refractivity contribution is 0.0824. The van der Waals surface area contributed by atoms with Gasteiger partial charge in [-0.05, 0) is 19.1 Å². The van der Waals surface area contributed by atoms with Gasteiger partial charge in [0.05, 0.1) is 12.6 Å². The van der Waals surface area contributed by atoms with E-state index in [1.54, 1.807) is 27.4 Å². The molecule has 0 aliphatic rings. The fourth-order valence-electron chi connectivity index (χ4n) is 1.90. The van der Waals surface area contributed by atoms with Crippen LogP contribution in [0.1, 0.15) is 29.8 Å². The van der Waals surface area contributed by atoms with Gasteiger partial charge in [0, 0.05) is 25.7 Å². The first-order valence-corrected chi connectivity index (χ1v) is 6.69. The van der Waals surface area contributed by atoms with Crippen molar-refractivity contribution in [2.45, 2.75) is 20.8 Å². The Morgan fingerprint density at radius 2 is 1.90 bits per heavy atom. The van der Waals surface area contributed by atoms with E-state index in [0.29, 0.717) is 11.3 Å². The van der Waals surface area contributed by atoms with Crippen molar-refractivity contribution in [3.63, 3.8) is 0 Å². The summed E-state index contributed by atoms with van der Waals surface area (Å²) in [6, 6.07) is 5.90. The Bertz CT molecular complexity index is 607. The van der Waals surface area contributed by atoms with Gasteiger partial charge in [-0.15, -0.1) is 0 Å². The maximum Gasteiger partial charge on any atom is 0.258 e. The molecule has 0 atom stereocenters. The van der Waals surface area contributed by atoms with E-state index in [1.165, 1.54) is 4.90 Å². The molecule has 0 spiro atoms. The van der Waals surface area contributed by atoms with Crippen LogP contribution in [0.3, 0.4) is 0 Å². The van der Waals surface area contributed by atoms with E-state index in [-0.39, 0.29) is 5.91 Å². The van der Waals surface area contributed by atoms with Gasteiger partial charge in [-0.2, -0.15) is 0 Å². The number of ether oxygens (including phenoxy) is 1. The van der Waals surface area contributed by atoms with E-state index in [9.17, 15) is 4.79 Å². The fraction of sp³-hybridized carbons (Fsp3) is 0.375. The molecule has 0 fully saturated rings. The predicted octanol–water partition coefficient (Wildman–Crippen LogP) is 3.28. The summed E-state index contributed by atoms with van der Waals surface area (Å²) in [7, 11) is 4.99. The van der Waals surface area contributed by atoms with E-state index in [2.05, 4.69) is 4.98 Å². The fourth-order valence-corrected chi connectivity index (χ4v) is 1.90. The van der Waals surface area contributed by atoms with E-state index < -0.39 is 0 Å². The summed E-state index contributed by atoms with van der Waals surface area (Å²) in [5.41, 5.74) is 2.42. The number of aryl methyl sites for hydroxylation is 1. The first kappa shape index (κ1) is 16.0. The zero-order valence-corrected chi connectivity index (χ0v) is 13.0. The lowest BCUT2D eigenvalue weighted by Crippen LogP contribution is -2.22. The Balaban J connectivity index is 0.000000956. The van der Waals surface area contributed by atoms with Gasteiger partial charge in [-0.25, -0.2) is 0 Å². The number of methoxy groups -OCH3 is 1. The number of benzene rings is 1. The van der Waals surface area contributed by atoms with E-state index >= 15 is 0 Å². The molecule has 0 radical (unpaired) electrons. The number of amides is 1. The molecule has 1 heterocycles. The van der Waals surface area contributed by atoms with E-state index in [0.717, 1.165) is 16.5 Å². The highest BCUT2D eigenvalue weighted by molar-refractivity contribution is 6.02. The summed E-state index contributed by atoms with van der Waals surface area (Å²) in [6.45, 7) is 6.00. The number of hydrogen-bond donors (Lipinski definition) is 0. The molecular formula is C16H22N2O2. The topological polar surface area (TPSA) is 42.4 Å². The third kappa shape index (κ3) is 3.07. The largest absolute Gasteiger partial charge is 0.495 e. The van der Waals surface area contributed by atoms with Crippen LogP contribution < -0.4 is 4.74 Å². The second-order valence-electron chi connectivity index (χ2n) is 4.43. The lowest BCUT2D eigenvalue weighted by atomic mass is 10.1. The Labute approximate surface area is 120 Å². The van der Waals surface area contributed by atoms with Crippen molar-refractivity contribution in [3.8, 4) is 5.75 Å². The average molecular weight is 274 g/mol. The zero-order valence-electron chi connectivity index (χ0n) is 13.0. The molecule has 0 saturated heterocycles. The number of nitrogens with zero attached hydrogens (tertiary/aromatic N) is 2. The normalized spacial score (nSPS) is 9.70. The number of rotatable bonds is 2. The van der Waals surface area contributed by atoms with Crippen LogP contribution in [-0.2, 0) is 0 Å². The molecule has 0 saturated carbocycles. The highest BCUT2D eigenvalue weighted by Crippen LogP contribution is 2.29. The molecular weight excluding hydrogens is 252 g/mol. The minimum atomic E-state index is -0.109. The molecule has 2 aromatic rings. The Kier molecular flexibility index (Phi) is 5.50. The van der Waals surface area contributed by atoms with E-state index in [1.807, 2.05) is 39.0 Å². The predicted molar refractivity (Wildman–Crippen MR) is 82.4 cm³/mol. The van der Waals surface area contributed by atoms with Crippen LogP contribution in [0, 0.1) is 6.92 Å². The molecule has 0 aliphatic carbocycles. The second kappa shape index (κ2) is 6.89. The van der Waals surface area contributed by atoms with Crippen LogP contribution in [0.15, 0.2) is 24.4 Å². The quantitative estimate of drug-likeness (QED) is 0.844. The maximum absolute atomic E-state index is 12.1. The van der Waals surface area contributed by atoms with Gasteiger partial charge in [0.2, 0.25) is 0 Å². The molecule has 1 amide bonds. The van der Waals surface area contributed by atoms with Crippen LogP contribution >= 0.6 is 0 Å². The van der Waals surface area contributed by atoms with Gasteiger partial charge in [-0.1, -0.05) is 25.5 Å². The van der Waals surface area contributed by atoms with Crippen molar-refractivity contribution >= 4 is 16.8 Å². The summed E-state index contributed by atoms with van der Waals surface area (Å²) in [5, 5.41) is 0.866. The molecule has 0 unspecified atom stereocenters. The number of pyridine rings is 1. The summed E-state index contributed by atoms with van der Waals surface area (Å²) >= 11 is 0. The summed E-state index contributed by atoms with van der Waals surface area (Å²) < 4.78 is 5.40. The number of carbonyl (C=O) groups excluding carboxylic acids is 1. The highest BCUT2D eigenvalue weighted by Gasteiger charge is 2.17. The molecule has 0 aliphatic heterocycles. The molecule has 4 nitrogen and oxygen atoms in total. The number of hydrogen-bond acceptors (Lipinski definition) is 3. The van der Waals surface area contributed by atoms with Gasteiger partial charge >= 0.3 is 0 Å². The van der Waals surface area contributed by atoms with Gasteiger partial charge in [0.1, 0.15) is 11.3 Å². The molecule has 1 aromatic heterocycles. The molecule has 0 N–H and O–H groups in total. The Hall–Kier alpha value is -2.10. The van der Waals surface area contributed by atoms with Crippen LogP contribution in [0.4, 0.5) is 0 Å². The van der Waals surface area contributed by atoms with Crippen LogP contribution in [0.25, 0.3) is 10.9 Å². The monoisotopic (exact) mass is 274 g/mol. The SMILES string of the molecule is CC.COc1c(C(=O)N(C)C)cnc2ccc(C)cc12. The molecule has 1 aromatic carbocycles. The van der Waals surface area contributed by atoms with Crippen molar-refractivity contribution in [1.82, 2.24) is 9.88 Å². The lowest BCUT2D eigenvalue weighted by Gasteiger charge is -2.14. The minimum absolute atomic E-state index is 0.109. The van der Waals surface area contributed by atoms with Crippen LogP contribution in [-0.4, -0.2) is 37.0 Å². The van der Waals surface area contributed by atoms with Crippen LogP contribution in [0.5, 0.6) is 5.75 Å². The zero-order chi connectivity index (χ0) is 15.3. The molecule has 108 valence electrons. The van der Waals surface area contributed by atoms with Gasteiger partial charge in [0.15, 0.2) is 0 Å². The number of aromatic nitrogens is 1. The first-order chi connectivity index (χ1) is 9.54. The Morgan fingerprint density at radius 3 is 2.45 bits per heavy atom. The minimum Gasteiger partial charge on any atom is -0.495 e. The van der Waals surface area contributed by atoms with Crippen molar-refractivity contribution in [3.05, 3.63) is 35.5 Å². The molecule has 4 heteroatoms. The molecule has 2 rings (SSSR count). The van der Waals surface area contributed by atoms with Gasteiger partial charge in [0.25, 0.3) is 5.91 Å². The Morgan fingerprint density at radius 1 is 1.25 bits per heavy atom. The average Bonchev–Trinajstić information content (AvgIpc) is 2.47. The van der Waals surface area contributed by atoms with Crippen molar-refractivity contribution < 1.29 is 9.53 Å². The van der Waals surface area contributed by atoms with Crippen molar-refractivity contribution in [2.75, 3.05) is 21.2 Å². The van der Waals surface area contributed by atoms with Crippen molar-refractivity contribution in [1.29, 1.82) is 0 Å². The summed E-state index contributed by atoms with van der Waals surface area (Å²) in [5.74, 6) is 0.477. The smallest absolute Gasteiger partial charge is 0.258 e. The van der Waals surface area contributed by atoms with E-state index in [4.69, 9.17) is 4.74 Å². The maximum atomic E-state index is 12.1. The second-order valence-corrected chi connectivity index (χ2v) is 4.43. The van der Waals surface area contributed by atoms with Crippen LogP contribution in [0.2, 0.25) is 0 Å². The summed E-state index contributed by atoms with van der Waals surface area (Å²) in [4.78, 5) is 17.9. The first-order valence-electron chi connectivity index (χ1n) is 6.69. The third-order valence-electron chi connectivity index (χ3n) is 2.81. The van der Waals surface area contributed by atoms with Gasteiger partial charge in [-0.3, -0.25) is 9.78 Å². The van der Waals surface area contributed by atoms with Crippen molar-refractivity contribution in [2.24, 2.45) is 0 Å². The standard InChI is InChI=1S/C14H16N2O2.C2H6/c1-9-5-6-12-10(7-9)13(18-4)11(8-15-12)14(17)16(2)3;1-2/h5-8H,1-4H3;1-2H3. The highest BCUT2D eigenvalue weighted by atomic mass is 16.5. The number of fused-ring (bicyclic) bond motifs is 1. The molecule has 20 heavy (non-hydrogen) atoms. The number of carbonyl (C=O) groups is 1. The third-order valence-corrected chi connectivity index (χ3v) is 2.81. The molecule has 0 bridgehead atoms. The van der Waals surface area contributed by atoms with Gasteiger partial charge < -0.3 is 9.64 Å². The summed E-state index contributed by atoms with van der Waals surface area (Å²) in [6.07, 6.45) is 1.57.